The number of nitrogens with zero attached hydrogens (tertiary/aromatic N) is 2. The van der Waals surface area contributed by atoms with E-state index in [0.29, 0.717) is 17.9 Å². The quantitative estimate of drug-likeness (QED) is 0.409. The Kier molecular flexibility index (Phi) is 6.43. The van der Waals surface area contributed by atoms with Gasteiger partial charge in [0.05, 0.1) is 12.7 Å². The van der Waals surface area contributed by atoms with E-state index in [2.05, 4.69) is 31.7 Å². The van der Waals surface area contributed by atoms with Gasteiger partial charge < -0.3 is 10.6 Å². The maximum absolute atomic E-state index is 12.4. The minimum atomic E-state index is -0.197. The van der Waals surface area contributed by atoms with Crippen molar-refractivity contribution in [1.29, 1.82) is 0 Å². The summed E-state index contributed by atoms with van der Waals surface area (Å²) in [6.07, 6.45) is 1.81. The van der Waals surface area contributed by atoms with Crippen LogP contribution in [0.5, 0.6) is 0 Å². The summed E-state index contributed by atoms with van der Waals surface area (Å²) in [5.41, 5.74) is 1.63. The fourth-order valence-electron chi connectivity index (χ4n) is 3.28. The molecule has 1 aromatic heterocycles. The Hall–Kier alpha value is -3.45. The summed E-state index contributed by atoms with van der Waals surface area (Å²) in [5, 5.41) is 12.0. The van der Waals surface area contributed by atoms with E-state index in [0.717, 1.165) is 20.8 Å². The van der Waals surface area contributed by atoms with Crippen molar-refractivity contribution < 1.29 is 9.59 Å². The average molecular weight is 477 g/mol. The second-order valence-electron chi connectivity index (χ2n) is 7.08. The van der Waals surface area contributed by atoms with Crippen molar-refractivity contribution in [3.63, 3.8) is 0 Å². The molecule has 4 rings (SSSR count). The van der Waals surface area contributed by atoms with E-state index in [9.17, 15) is 9.59 Å². The summed E-state index contributed by atoms with van der Waals surface area (Å²) in [7, 11) is 0. The Bertz CT molecular complexity index is 1230. The molecule has 2 amide bonds. The molecule has 0 unspecified atom stereocenters. The molecule has 0 fully saturated rings. The lowest BCUT2D eigenvalue weighted by Crippen LogP contribution is -2.28. The second kappa shape index (κ2) is 9.57. The zero-order valence-corrected chi connectivity index (χ0v) is 18.3. The lowest BCUT2D eigenvalue weighted by molar-refractivity contribution is -0.116. The lowest BCUT2D eigenvalue weighted by Gasteiger charge is -2.11. The van der Waals surface area contributed by atoms with E-state index in [1.54, 1.807) is 23.0 Å². The highest BCUT2D eigenvalue weighted by atomic mass is 79.9. The van der Waals surface area contributed by atoms with Gasteiger partial charge in [-0.2, -0.15) is 5.10 Å². The number of hydrogen-bond donors (Lipinski definition) is 2. The first-order chi connectivity index (χ1) is 15.1. The Morgan fingerprint density at radius 1 is 0.935 bits per heavy atom. The number of amides is 2. The van der Waals surface area contributed by atoms with Crippen molar-refractivity contribution in [2.24, 2.45) is 0 Å². The molecule has 1 heterocycles. The first kappa shape index (κ1) is 20.8. The highest BCUT2D eigenvalue weighted by Gasteiger charge is 2.11. The predicted molar refractivity (Wildman–Crippen MR) is 125 cm³/mol. The first-order valence-electron chi connectivity index (χ1n) is 9.92. The fraction of sp³-hybridized carbons (Fsp3) is 0.125. The Balaban J connectivity index is 1.30. The lowest BCUT2D eigenvalue weighted by atomic mass is 10.1. The summed E-state index contributed by atoms with van der Waals surface area (Å²) in [4.78, 5) is 24.8. The van der Waals surface area contributed by atoms with Crippen LogP contribution in [0.15, 0.2) is 83.5 Å². The minimum absolute atomic E-state index is 0.166. The van der Waals surface area contributed by atoms with Gasteiger partial charge in [0.15, 0.2) is 0 Å². The van der Waals surface area contributed by atoms with Gasteiger partial charge in [-0.25, -0.2) is 4.68 Å². The van der Waals surface area contributed by atoms with E-state index in [-0.39, 0.29) is 24.8 Å². The molecular formula is C24H21BrN4O2. The average Bonchev–Trinajstić information content (AvgIpc) is 3.21. The summed E-state index contributed by atoms with van der Waals surface area (Å²) in [5.74, 6) is 0.229. The van der Waals surface area contributed by atoms with E-state index in [1.165, 1.54) is 0 Å². The fourth-order valence-corrected chi connectivity index (χ4v) is 3.69. The monoisotopic (exact) mass is 476 g/mol. The Morgan fingerprint density at radius 3 is 2.55 bits per heavy atom. The van der Waals surface area contributed by atoms with Gasteiger partial charge in [0, 0.05) is 29.1 Å². The smallest absolute Gasteiger partial charge is 0.251 e. The van der Waals surface area contributed by atoms with Crippen LogP contribution in [0, 0.1) is 0 Å². The normalized spacial score (nSPS) is 10.7. The topological polar surface area (TPSA) is 76.0 Å². The molecule has 0 aliphatic heterocycles. The van der Waals surface area contributed by atoms with E-state index < -0.39 is 0 Å². The molecule has 0 radical (unpaired) electrons. The molecule has 0 atom stereocenters. The van der Waals surface area contributed by atoms with Gasteiger partial charge in [-0.15, -0.1) is 0 Å². The molecule has 0 bridgehead atoms. The zero-order chi connectivity index (χ0) is 21.6. The van der Waals surface area contributed by atoms with Crippen LogP contribution in [-0.2, 0) is 11.3 Å². The molecule has 0 spiro atoms. The summed E-state index contributed by atoms with van der Waals surface area (Å²) < 4.78 is 2.71. The Labute approximate surface area is 188 Å². The van der Waals surface area contributed by atoms with Crippen LogP contribution in [0.3, 0.4) is 0 Å². The van der Waals surface area contributed by atoms with Crippen molar-refractivity contribution in [2.45, 2.75) is 13.0 Å². The number of anilines is 1. The van der Waals surface area contributed by atoms with Gasteiger partial charge >= 0.3 is 0 Å². The number of aromatic nitrogens is 2. The van der Waals surface area contributed by atoms with Gasteiger partial charge in [0.2, 0.25) is 5.91 Å². The standard InChI is InChI=1S/C24H21BrN4O2/c25-21-8-4-3-7-20(21)16-29-22(11-14-27-29)28-23(30)12-13-26-24(31)19-10-9-17-5-1-2-6-18(17)15-19/h1-11,14-15H,12-13,16H2,(H,26,31)(H,28,30). The van der Waals surface area contributed by atoms with Gasteiger partial charge in [0.1, 0.15) is 5.82 Å². The maximum Gasteiger partial charge on any atom is 0.251 e. The molecule has 2 N–H and O–H groups in total. The van der Waals surface area contributed by atoms with Gasteiger partial charge in [-0.3, -0.25) is 9.59 Å². The summed E-state index contributed by atoms with van der Waals surface area (Å²) in [6.45, 7) is 0.776. The van der Waals surface area contributed by atoms with Crippen molar-refractivity contribution in [2.75, 3.05) is 11.9 Å². The van der Waals surface area contributed by atoms with Crippen LogP contribution < -0.4 is 10.6 Å². The van der Waals surface area contributed by atoms with Gasteiger partial charge in [-0.1, -0.05) is 64.5 Å². The van der Waals surface area contributed by atoms with Crippen LogP contribution >= 0.6 is 15.9 Å². The minimum Gasteiger partial charge on any atom is -0.352 e. The van der Waals surface area contributed by atoms with Crippen LogP contribution in [0.1, 0.15) is 22.3 Å². The van der Waals surface area contributed by atoms with Crippen LogP contribution in [0.4, 0.5) is 5.82 Å². The molecule has 0 aliphatic carbocycles. The number of hydrogen-bond acceptors (Lipinski definition) is 3. The first-order valence-corrected chi connectivity index (χ1v) is 10.7. The van der Waals surface area contributed by atoms with Crippen LogP contribution in [0.2, 0.25) is 0 Å². The molecule has 7 heteroatoms. The Morgan fingerprint density at radius 2 is 1.71 bits per heavy atom. The second-order valence-corrected chi connectivity index (χ2v) is 7.94. The SMILES string of the molecule is O=C(CCNC(=O)c1ccc2ccccc2c1)Nc1ccnn1Cc1ccccc1Br. The third-order valence-electron chi connectivity index (χ3n) is 4.91. The number of nitrogens with one attached hydrogen (secondary N) is 2. The third kappa shape index (κ3) is 5.19. The van der Waals surface area contributed by atoms with E-state index in [4.69, 9.17) is 0 Å². The molecule has 0 saturated carbocycles. The summed E-state index contributed by atoms with van der Waals surface area (Å²) >= 11 is 3.53. The van der Waals surface area contributed by atoms with Crippen molar-refractivity contribution in [3.8, 4) is 0 Å². The third-order valence-corrected chi connectivity index (χ3v) is 5.68. The number of carbonyl (C=O) groups excluding carboxylic acids is 2. The molecular weight excluding hydrogens is 456 g/mol. The molecule has 156 valence electrons. The number of carbonyl (C=O) groups is 2. The molecule has 31 heavy (non-hydrogen) atoms. The highest BCUT2D eigenvalue weighted by Crippen LogP contribution is 2.19. The van der Waals surface area contributed by atoms with Crippen molar-refractivity contribution >= 4 is 44.3 Å². The van der Waals surface area contributed by atoms with Crippen LogP contribution in [-0.4, -0.2) is 28.1 Å². The maximum atomic E-state index is 12.4. The molecule has 6 nitrogen and oxygen atoms in total. The number of benzene rings is 3. The highest BCUT2D eigenvalue weighted by molar-refractivity contribution is 9.10. The number of halogens is 1. The van der Waals surface area contributed by atoms with Crippen molar-refractivity contribution in [3.05, 3.63) is 94.6 Å². The largest absolute Gasteiger partial charge is 0.352 e. The van der Waals surface area contributed by atoms with Crippen molar-refractivity contribution in [1.82, 2.24) is 15.1 Å². The zero-order valence-electron chi connectivity index (χ0n) is 16.7. The van der Waals surface area contributed by atoms with E-state index in [1.807, 2.05) is 60.7 Å². The molecule has 0 saturated heterocycles. The van der Waals surface area contributed by atoms with Gasteiger partial charge in [-0.05, 0) is 34.5 Å². The van der Waals surface area contributed by atoms with Crippen LogP contribution in [0.25, 0.3) is 10.8 Å². The number of fused-ring (bicyclic) bond motifs is 1. The molecule has 3 aromatic carbocycles. The van der Waals surface area contributed by atoms with Gasteiger partial charge in [0.25, 0.3) is 5.91 Å². The van der Waals surface area contributed by atoms with E-state index >= 15 is 0 Å². The summed E-state index contributed by atoms with van der Waals surface area (Å²) in [6, 6.07) is 23.1. The molecule has 0 aliphatic rings. The predicted octanol–water partition coefficient (Wildman–Crippen LogP) is 4.61. The number of rotatable bonds is 7. The molecule has 4 aromatic rings.